The van der Waals surface area contributed by atoms with Crippen LogP contribution >= 0.6 is 15.9 Å². The van der Waals surface area contributed by atoms with E-state index >= 15 is 0 Å². The van der Waals surface area contributed by atoms with Crippen LogP contribution in [0.5, 0.6) is 17.2 Å². The molecule has 0 aliphatic carbocycles. The van der Waals surface area contributed by atoms with Gasteiger partial charge in [-0.05, 0) is 71.3 Å². The average Bonchev–Trinajstić information content (AvgIpc) is 2.93. The minimum absolute atomic E-state index is 0.184. The molecule has 0 atom stereocenters. The van der Waals surface area contributed by atoms with Gasteiger partial charge >= 0.3 is 5.97 Å². The van der Waals surface area contributed by atoms with E-state index in [-0.39, 0.29) is 12.4 Å². The third-order valence-electron chi connectivity index (χ3n) is 5.20. The van der Waals surface area contributed by atoms with Gasteiger partial charge in [-0.3, -0.25) is 4.79 Å². The summed E-state index contributed by atoms with van der Waals surface area (Å²) in [5, 5.41) is 3.96. The van der Waals surface area contributed by atoms with Crippen LogP contribution in [0.15, 0.2) is 107 Å². The topological polar surface area (TPSA) is 86.2 Å². The summed E-state index contributed by atoms with van der Waals surface area (Å²) in [5.41, 5.74) is 5.64. The maximum Gasteiger partial charge on any atom is 0.343 e. The lowest BCUT2D eigenvalue weighted by atomic mass is 10.1. The molecule has 0 spiro atoms. The Morgan fingerprint density at radius 2 is 1.57 bits per heavy atom. The van der Waals surface area contributed by atoms with E-state index in [1.807, 2.05) is 54.6 Å². The third-order valence-corrected chi connectivity index (χ3v) is 5.73. The Morgan fingerprint density at radius 1 is 0.865 bits per heavy atom. The van der Waals surface area contributed by atoms with Gasteiger partial charge in [-0.25, -0.2) is 10.2 Å². The molecule has 186 valence electrons. The van der Waals surface area contributed by atoms with Gasteiger partial charge in [-0.15, -0.1) is 0 Å². The fourth-order valence-corrected chi connectivity index (χ4v) is 3.59. The molecule has 0 unspecified atom stereocenters. The number of carbonyl (C=O) groups excluding carboxylic acids is 2. The fraction of sp³-hybridized carbons (Fsp3) is 0.0690. The van der Waals surface area contributed by atoms with E-state index < -0.39 is 11.9 Å². The first kappa shape index (κ1) is 25.7. The number of carbonyl (C=O) groups is 2. The molecule has 4 rings (SSSR count). The standard InChI is InChI=1S/C29H23BrN2O5/c1-35-27-17-20(7-16-26(27)37-29(34)23-8-12-24(30)13-9-23)18-31-32-28(33)19-36-25-14-10-22(11-15-25)21-5-3-2-4-6-21/h2-18H,19H2,1H3,(H,32,33)/b31-18-. The Morgan fingerprint density at radius 3 is 2.27 bits per heavy atom. The number of amides is 1. The summed E-state index contributed by atoms with van der Waals surface area (Å²) in [4.78, 5) is 24.5. The molecule has 0 aromatic heterocycles. The first-order valence-corrected chi connectivity index (χ1v) is 12.1. The number of hydrazone groups is 1. The van der Waals surface area contributed by atoms with E-state index in [1.54, 1.807) is 42.5 Å². The molecule has 1 N–H and O–H groups in total. The van der Waals surface area contributed by atoms with Gasteiger partial charge in [-0.1, -0.05) is 58.4 Å². The summed E-state index contributed by atoms with van der Waals surface area (Å²) >= 11 is 3.33. The lowest BCUT2D eigenvalue weighted by molar-refractivity contribution is -0.123. The summed E-state index contributed by atoms with van der Waals surface area (Å²) in [6, 6.07) is 29.3. The molecule has 0 fully saturated rings. The van der Waals surface area contributed by atoms with Crippen LogP contribution in [-0.4, -0.2) is 31.8 Å². The molecule has 0 saturated heterocycles. The number of nitrogens with one attached hydrogen (secondary N) is 1. The predicted octanol–water partition coefficient (Wildman–Crippen LogP) is 5.87. The molecular formula is C29H23BrN2O5. The van der Waals surface area contributed by atoms with Crippen molar-refractivity contribution in [2.75, 3.05) is 13.7 Å². The highest BCUT2D eigenvalue weighted by molar-refractivity contribution is 9.10. The van der Waals surface area contributed by atoms with Crippen molar-refractivity contribution < 1.29 is 23.8 Å². The summed E-state index contributed by atoms with van der Waals surface area (Å²) in [6.45, 7) is -0.184. The van der Waals surface area contributed by atoms with E-state index in [1.165, 1.54) is 13.3 Å². The molecule has 4 aromatic rings. The van der Waals surface area contributed by atoms with E-state index in [9.17, 15) is 9.59 Å². The van der Waals surface area contributed by atoms with Gasteiger partial charge in [0.05, 0.1) is 18.9 Å². The Bertz CT molecular complexity index is 1390. The summed E-state index contributed by atoms with van der Waals surface area (Å²) < 4.78 is 17.2. The van der Waals surface area contributed by atoms with Crippen molar-refractivity contribution in [2.45, 2.75) is 0 Å². The molecular weight excluding hydrogens is 536 g/mol. The largest absolute Gasteiger partial charge is 0.493 e. The number of esters is 1. The normalized spacial score (nSPS) is 10.6. The summed E-state index contributed by atoms with van der Waals surface area (Å²) in [5.74, 6) is 0.285. The highest BCUT2D eigenvalue weighted by Gasteiger charge is 2.13. The maximum absolute atomic E-state index is 12.4. The molecule has 0 saturated carbocycles. The molecule has 7 nitrogen and oxygen atoms in total. The van der Waals surface area contributed by atoms with Crippen molar-refractivity contribution in [3.05, 3.63) is 113 Å². The molecule has 0 heterocycles. The number of methoxy groups -OCH3 is 1. The number of rotatable bonds is 9. The molecule has 8 heteroatoms. The second-order valence-corrected chi connectivity index (χ2v) is 8.69. The zero-order valence-corrected chi connectivity index (χ0v) is 21.5. The van der Waals surface area contributed by atoms with E-state index in [2.05, 4.69) is 26.5 Å². The summed E-state index contributed by atoms with van der Waals surface area (Å²) in [7, 11) is 1.47. The van der Waals surface area contributed by atoms with Crippen LogP contribution in [0.2, 0.25) is 0 Å². The lowest BCUT2D eigenvalue weighted by Gasteiger charge is -2.10. The fourth-order valence-electron chi connectivity index (χ4n) is 3.33. The first-order chi connectivity index (χ1) is 18.0. The minimum atomic E-state index is -0.505. The molecule has 4 aromatic carbocycles. The van der Waals surface area contributed by atoms with Crippen LogP contribution < -0.4 is 19.6 Å². The minimum Gasteiger partial charge on any atom is -0.493 e. The SMILES string of the molecule is COc1cc(/C=N\NC(=O)COc2ccc(-c3ccccc3)cc2)ccc1OC(=O)c1ccc(Br)cc1. The maximum atomic E-state index is 12.4. The predicted molar refractivity (Wildman–Crippen MR) is 145 cm³/mol. The van der Waals surface area contributed by atoms with Crippen molar-refractivity contribution in [1.82, 2.24) is 5.43 Å². The van der Waals surface area contributed by atoms with Gasteiger partial charge < -0.3 is 14.2 Å². The number of hydrogen-bond acceptors (Lipinski definition) is 6. The monoisotopic (exact) mass is 558 g/mol. The van der Waals surface area contributed by atoms with E-state index in [0.717, 1.165) is 15.6 Å². The van der Waals surface area contributed by atoms with Crippen molar-refractivity contribution in [1.29, 1.82) is 0 Å². The highest BCUT2D eigenvalue weighted by atomic mass is 79.9. The molecule has 0 bridgehead atoms. The zero-order valence-electron chi connectivity index (χ0n) is 19.9. The molecule has 0 aliphatic rings. The number of ether oxygens (including phenoxy) is 3. The van der Waals surface area contributed by atoms with Gasteiger partial charge in [0.2, 0.25) is 0 Å². The highest BCUT2D eigenvalue weighted by Crippen LogP contribution is 2.28. The van der Waals surface area contributed by atoms with E-state index in [0.29, 0.717) is 22.6 Å². The van der Waals surface area contributed by atoms with Crippen LogP contribution in [-0.2, 0) is 4.79 Å². The average molecular weight is 559 g/mol. The van der Waals surface area contributed by atoms with Gasteiger partial charge in [0.15, 0.2) is 18.1 Å². The van der Waals surface area contributed by atoms with Crippen LogP contribution in [0.4, 0.5) is 0 Å². The van der Waals surface area contributed by atoms with Gasteiger partial charge in [0.25, 0.3) is 5.91 Å². The van der Waals surface area contributed by atoms with Crippen LogP contribution in [0.3, 0.4) is 0 Å². The molecule has 37 heavy (non-hydrogen) atoms. The Hall–Kier alpha value is -4.43. The van der Waals surface area contributed by atoms with Crippen molar-refractivity contribution in [2.24, 2.45) is 5.10 Å². The second-order valence-electron chi connectivity index (χ2n) is 7.78. The molecule has 0 aliphatic heterocycles. The van der Waals surface area contributed by atoms with Gasteiger partial charge in [0, 0.05) is 4.47 Å². The Kier molecular flexibility index (Phi) is 8.67. The van der Waals surface area contributed by atoms with Crippen molar-refractivity contribution in [3.8, 4) is 28.4 Å². The van der Waals surface area contributed by atoms with Crippen LogP contribution in [0, 0.1) is 0 Å². The Balaban J connectivity index is 1.28. The van der Waals surface area contributed by atoms with E-state index in [4.69, 9.17) is 14.2 Å². The second kappa shape index (κ2) is 12.5. The van der Waals surface area contributed by atoms with Gasteiger partial charge in [0.1, 0.15) is 5.75 Å². The quantitative estimate of drug-likeness (QED) is 0.120. The van der Waals surface area contributed by atoms with Crippen molar-refractivity contribution in [3.63, 3.8) is 0 Å². The number of hydrogen-bond donors (Lipinski definition) is 1. The number of nitrogens with zero attached hydrogens (tertiary/aromatic N) is 1. The van der Waals surface area contributed by atoms with Crippen molar-refractivity contribution >= 4 is 34.0 Å². The van der Waals surface area contributed by atoms with Crippen LogP contribution in [0.1, 0.15) is 15.9 Å². The third kappa shape index (κ3) is 7.28. The lowest BCUT2D eigenvalue weighted by Crippen LogP contribution is -2.24. The number of benzene rings is 4. The Labute approximate surface area is 222 Å². The molecule has 0 radical (unpaired) electrons. The summed E-state index contributed by atoms with van der Waals surface area (Å²) in [6.07, 6.45) is 1.45. The smallest absolute Gasteiger partial charge is 0.343 e. The van der Waals surface area contributed by atoms with Crippen LogP contribution in [0.25, 0.3) is 11.1 Å². The molecule has 1 amide bonds. The zero-order chi connectivity index (χ0) is 26.0. The van der Waals surface area contributed by atoms with Gasteiger partial charge in [-0.2, -0.15) is 5.10 Å². The number of halogens is 1. The first-order valence-electron chi connectivity index (χ1n) is 11.3.